The number of carbonyl (C=O) groups excluding carboxylic acids is 1. The molecule has 1 aliphatic heterocycles. The number of halogens is 1. The molecule has 1 aromatic carbocycles. The lowest BCUT2D eigenvalue weighted by atomic mass is 10.0. The second kappa shape index (κ2) is 4.25. The number of rotatable bonds is 1. The van der Waals surface area contributed by atoms with Crippen LogP contribution in [0.15, 0.2) is 24.3 Å². The third-order valence-electron chi connectivity index (χ3n) is 3.38. The SMILES string of the molecule is Cc1c(Cl)cccc1-c1cc2n(n1)CCCC2=O. The van der Waals surface area contributed by atoms with Crippen molar-refractivity contribution < 1.29 is 4.79 Å². The lowest BCUT2D eigenvalue weighted by molar-refractivity contribution is 0.0951. The van der Waals surface area contributed by atoms with Crippen LogP contribution in [0.25, 0.3) is 11.3 Å². The molecule has 4 heteroatoms. The van der Waals surface area contributed by atoms with Crippen molar-refractivity contribution in [2.24, 2.45) is 0 Å². The fraction of sp³-hybridized carbons (Fsp3) is 0.286. The van der Waals surface area contributed by atoms with E-state index < -0.39 is 0 Å². The predicted octanol–water partition coefficient (Wildman–Crippen LogP) is 3.49. The minimum absolute atomic E-state index is 0.180. The summed E-state index contributed by atoms with van der Waals surface area (Å²) < 4.78 is 1.81. The van der Waals surface area contributed by atoms with E-state index in [2.05, 4.69) is 5.10 Å². The van der Waals surface area contributed by atoms with Crippen molar-refractivity contribution in [3.8, 4) is 11.3 Å². The highest BCUT2D eigenvalue weighted by molar-refractivity contribution is 6.31. The molecule has 0 atom stereocenters. The Morgan fingerprint density at radius 1 is 1.39 bits per heavy atom. The van der Waals surface area contributed by atoms with E-state index in [4.69, 9.17) is 11.6 Å². The molecule has 1 aromatic heterocycles. The molecule has 3 nitrogen and oxygen atoms in total. The summed E-state index contributed by atoms with van der Waals surface area (Å²) in [4.78, 5) is 11.8. The van der Waals surface area contributed by atoms with Gasteiger partial charge in [0, 0.05) is 23.6 Å². The van der Waals surface area contributed by atoms with Crippen molar-refractivity contribution in [2.45, 2.75) is 26.3 Å². The van der Waals surface area contributed by atoms with Crippen molar-refractivity contribution >= 4 is 17.4 Å². The molecule has 0 spiro atoms. The van der Waals surface area contributed by atoms with Crippen LogP contribution in [-0.2, 0) is 6.54 Å². The molecule has 0 radical (unpaired) electrons. The van der Waals surface area contributed by atoms with E-state index in [0.29, 0.717) is 6.42 Å². The molecule has 18 heavy (non-hydrogen) atoms. The summed E-state index contributed by atoms with van der Waals surface area (Å²) in [7, 11) is 0. The highest BCUT2D eigenvalue weighted by Gasteiger charge is 2.20. The van der Waals surface area contributed by atoms with Gasteiger partial charge in [0.1, 0.15) is 5.69 Å². The molecule has 0 aliphatic carbocycles. The molecular weight excluding hydrogens is 248 g/mol. The summed E-state index contributed by atoms with van der Waals surface area (Å²) in [5.74, 6) is 0.180. The van der Waals surface area contributed by atoms with Crippen LogP contribution in [0.1, 0.15) is 28.9 Å². The molecular formula is C14H13ClN2O. The molecule has 0 fully saturated rings. The lowest BCUT2D eigenvalue weighted by Crippen LogP contribution is -2.16. The van der Waals surface area contributed by atoms with Crippen LogP contribution in [-0.4, -0.2) is 15.6 Å². The normalized spacial score (nSPS) is 14.7. The van der Waals surface area contributed by atoms with Crippen LogP contribution in [0.5, 0.6) is 0 Å². The van der Waals surface area contributed by atoms with E-state index in [1.807, 2.05) is 35.9 Å². The Kier molecular flexibility index (Phi) is 2.71. The Labute approximate surface area is 110 Å². The second-order valence-electron chi connectivity index (χ2n) is 4.58. The number of benzene rings is 1. The number of ketones is 1. The van der Waals surface area contributed by atoms with Crippen LogP contribution in [0.3, 0.4) is 0 Å². The summed E-state index contributed by atoms with van der Waals surface area (Å²) in [6.07, 6.45) is 1.50. The number of aryl methyl sites for hydroxylation is 1. The Bertz CT molecular complexity index is 631. The number of carbonyl (C=O) groups is 1. The first-order valence-electron chi connectivity index (χ1n) is 6.03. The number of aromatic nitrogens is 2. The first-order chi connectivity index (χ1) is 8.66. The van der Waals surface area contributed by atoms with Gasteiger partial charge < -0.3 is 0 Å². The van der Waals surface area contributed by atoms with Crippen molar-refractivity contribution in [3.63, 3.8) is 0 Å². The quantitative estimate of drug-likeness (QED) is 0.787. The number of hydrogen-bond acceptors (Lipinski definition) is 2. The Morgan fingerprint density at radius 2 is 2.22 bits per heavy atom. The fourth-order valence-electron chi connectivity index (χ4n) is 2.35. The number of fused-ring (bicyclic) bond motifs is 1. The topological polar surface area (TPSA) is 34.9 Å². The maximum absolute atomic E-state index is 11.8. The third-order valence-corrected chi connectivity index (χ3v) is 3.79. The van der Waals surface area contributed by atoms with E-state index in [-0.39, 0.29) is 5.78 Å². The molecule has 2 aromatic rings. The molecule has 0 saturated carbocycles. The van der Waals surface area contributed by atoms with Gasteiger partial charge in [0.15, 0.2) is 5.78 Å². The maximum atomic E-state index is 11.8. The first-order valence-corrected chi connectivity index (χ1v) is 6.41. The fourth-order valence-corrected chi connectivity index (χ4v) is 2.52. The highest BCUT2D eigenvalue weighted by atomic mass is 35.5. The minimum atomic E-state index is 0.180. The van der Waals surface area contributed by atoms with E-state index in [1.54, 1.807) is 0 Å². The van der Waals surface area contributed by atoms with Gasteiger partial charge in [-0.15, -0.1) is 0 Å². The average Bonchev–Trinajstić information content (AvgIpc) is 2.78. The van der Waals surface area contributed by atoms with Crippen molar-refractivity contribution in [1.29, 1.82) is 0 Å². The Balaban J connectivity index is 2.13. The smallest absolute Gasteiger partial charge is 0.180 e. The molecule has 0 saturated heterocycles. The molecule has 92 valence electrons. The third kappa shape index (κ3) is 1.75. The van der Waals surface area contributed by atoms with Gasteiger partial charge in [-0.05, 0) is 31.0 Å². The van der Waals surface area contributed by atoms with Crippen LogP contribution >= 0.6 is 11.6 Å². The number of nitrogens with zero attached hydrogens (tertiary/aromatic N) is 2. The molecule has 2 heterocycles. The summed E-state index contributed by atoms with van der Waals surface area (Å²) in [5, 5.41) is 5.24. The van der Waals surface area contributed by atoms with Gasteiger partial charge in [-0.25, -0.2) is 0 Å². The molecule has 3 rings (SSSR count). The zero-order valence-electron chi connectivity index (χ0n) is 10.1. The zero-order valence-corrected chi connectivity index (χ0v) is 10.9. The van der Waals surface area contributed by atoms with Gasteiger partial charge in [-0.1, -0.05) is 23.7 Å². The van der Waals surface area contributed by atoms with Gasteiger partial charge in [-0.2, -0.15) is 5.10 Å². The minimum Gasteiger partial charge on any atom is -0.292 e. The van der Waals surface area contributed by atoms with Crippen molar-refractivity contribution in [3.05, 3.63) is 40.5 Å². The Morgan fingerprint density at radius 3 is 3.00 bits per heavy atom. The number of hydrogen-bond donors (Lipinski definition) is 0. The van der Waals surface area contributed by atoms with Gasteiger partial charge in [-0.3, -0.25) is 9.48 Å². The maximum Gasteiger partial charge on any atom is 0.180 e. The van der Waals surface area contributed by atoms with Gasteiger partial charge in [0.25, 0.3) is 0 Å². The van der Waals surface area contributed by atoms with E-state index in [1.165, 1.54) is 0 Å². The largest absolute Gasteiger partial charge is 0.292 e. The van der Waals surface area contributed by atoms with E-state index >= 15 is 0 Å². The number of Topliss-reactive ketones (excluding diaryl/α,β-unsaturated/α-hetero) is 1. The standard InChI is InChI=1S/C14H13ClN2O/c1-9-10(4-2-5-11(9)15)12-8-13-14(18)6-3-7-17(13)16-12/h2,4-5,8H,3,6-7H2,1H3. The van der Waals surface area contributed by atoms with Gasteiger partial charge >= 0.3 is 0 Å². The summed E-state index contributed by atoms with van der Waals surface area (Å²) in [6, 6.07) is 7.63. The van der Waals surface area contributed by atoms with Crippen LogP contribution in [0.4, 0.5) is 0 Å². The van der Waals surface area contributed by atoms with Crippen LogP contribution < -0.4 is 0 Å². The zero-order chi connectivity index (χ0) is 12.7. The second-order valence-corrected chi connectivity index (χ2v) is 4.98. The predicted molar refractivity (Wildman–Crippen MR) is 71.0 cm³/mol. The lowest BCUT2D eigenvalue weighted by Gasteiger charge is -2.10. The average molecular weight is 261 g/mol. The molecule has 0 amide bonds. The molecule has 1 aliphatic rings. The molecule has 0 unspecified atom stereocenters. The van der Waals surface area contributed by atoms with Crippen LogP contribution in [0, 0.1) is 6.92 Å². The van der Waals surface area contributed by atoms with Crippen molar-refractivity contribution in [2.75, 3.05) is 0 Å². The molecule has 0 N–H and O–H groups in total. The first kappa shape index (κ1) is 11.5. The van der Waals surface area contributed by atoms with E-state index in [0.717, 1.165) is 40.5 Å². The monoisotopic (exact) mass is 260 g/mol. The Hall–Kier alpha value is -1.61. The summed E-state index contributed by atoms with van der Waals surface area (Å²) in [5.41, 5.74) is 3.55. The van der Waals surface area contributed by atoms with Crippen LogP contribution in [0.2, 0.25) is 5.02 Å². The summed E-state index contributed by atoms with van der Waals surface area (Å²) in [6.45, 7) is 2.79. The van der Waals surface area contributed by atoms with E-state index in [9.17, 15) is 4.79 Å². The van der Waals surface area contributed by atoms with Gasteiger partial charge in [0.05, 0.1) is 5.69 Å². The highest BCUT2D eigenvalue weighted by Crippen LogP contribution is 2.29. The summed E-state index contributed by atoms with van der Waals surface area (Å²) >= 11 is 6.12. The molecule has 0 bridgehead atoms. The van der Waals surface area contributed by atoms with Crippen molar-refractivity contribution in [1.82, 2.24) is 9.78 Å². The van der Waals surface area contributed by atoms with Gasteiger partial charge in [0.2, 0.25) is 0 Å².